The number of anilines is 2. The maximum Gasteiger partial charge on any atom is 0.241 e. The molecule has 1 atom stereocenters. The molecule has 2 aromatic carbocycles. The second-order valence-electron chi connectivity index (χ2n) is 7.69. The predicted octanol–water partition coefficient (Wildman–Crippen LogP) is 4.07. The third-order valence-electron chi connectivity index (χ3n) is 4.48. The Labute approximate surface area is 193 Å². The molecule has 10 heteroatoms. The second kappa shape index (κ2) is 10.9. The molecule has 3 rings (SSSR count). The first-order chi connectivity index (χ1) is 15.2. The van der Waals surface area contributed by atoms with Gasteiger partial charge in [0.15, 0.2) is 0 Å². The molecule has 0 radical (unpaired) electrons. The number of ether oxygens (including phenoxy) is 3. The van der Waals surface area contributed by atoms with Crippen LogP contribution in [-0.4, -0.2) is 45.5 Å². The zero-order valence-electron chi connectivity index (χ0n) is 18.0. The highest BCUT2D eigenvalue weighted by Gasteiger charge is 2.20. The van der Waals surface area contributed by atoms with Crippen LogP contribution in [-0.2, 0) is 19.6 Å². The van der Waals surface area contributed by atoms with Crippen molar-refractivity contribution in [1.82, 2.24) is 0 Å². The molecule has 1 heterocycles. The summed E-state index contributed by atoms with van der Waals surface area (Å²) >= 11 is 6.04. The van der Waals surface area contributed by atoms with Crippen LogP contribution >= 0.6 is 11.6 Å². The minimum atomic E-state index is -3.93. The Bertz CT molecular complexity index is 1020. The van der Waals surface area contributed by atoms with E-state index in [0.717, 1.165) is 12.8 Å². The highest BCUT2D eigenvalue weighted by Crippen LogP contribution is 2.29. The number of nitrogens with one attached hydrogen (secondary N) is 2. The van der Waals surface area contributed by atoms with Gasteiger partial charge in [0.05, 0.1) is 17.9 Å². The van der Waals surface area contributed by atoms with Gasteiger partial charge >= 0.3 is 0 Å². The van der Waals surface area contributed by atoms with Gasteiger partial charge in [0.1, 0.15) is 23.9 Å². The summed E-state index contributed by atoms with van der Waals surface area (Å²) in [4.78, 5) is 12.4. The van der Waals surface area contributed by atoms with Gasteiger partial charge < -0.3 is 19.5 Å². The molecule has 1 aliphatic rings. The average molecular weight is 483 g/mol. The van der Waals surface area contributed by atoms with Crippen molar-refractivity contribution in [2.75, 3.05) is 29.0 Å². The molecule has 174 valence electrons. The van der Waals surface area contributed by atoms with Crippen molar-refractivity contribution in [3.8, 4) is 11.5 Å². The highest BCUT2D eigenvalue weighted by molar-refractivity contribution is 7.93. The van der Waals surface area contributed by atoms with E-state index in [-0.39, 0.29) is 12.2 Å². The van der Waals surface area contributed by atoms with Crippen LogP contribution in [0.2, 0.25) is 5.02 Å². The topological polar surface area (TPSA) is 103 Å². The Balaban J connectivity index is 1.59. The lowest BCUT2D eigenvalue weighted by molar-refractivity contribution is -0.113. The molecule has 0 bridgehead atoms. The Morgan fingerprint density at radius 3 is 2.62 bits per heavy atom. The van der Waals surface area contributed by atoms with Gasteiger partial charge in [0, 0.05) is 17.3 Å². The maximum absolute atomic E-state index is 12.4. The normalized spacial score (nSPS) is 16.1. The van der Waals surface area contributed by atoms with Crippen molar-refractivity contribution < 1.29 is 27.4 Å². The number of carbonyl (C=O) groups excluding carboxylic acids is 1. The van der Waals surface area contributed by atoms with Gasteiger partial charge in [-0.05, 0) is 69.2 Å². The molecule has 8 nitrogen and oxygen atoms in total. The fourth-order valence-corrected chi connectivity index (χ4v) is 4.29. The fraction of sp³-hybridized carbons (Fsp3) is 0.409. The van der Waals surface area contributed by atoms with E-state index in [0.29, 0.717) is 41.1 Å². The molecule has 1 unspecified atom stereocenters. The molecule has 0 aromatic heterocycles. The lowest BCUT2D eigenvalue weighted by Crippen LogP contribution is -2.27. The molecule has 2 aromatic rings. The minimum Gasteiger partial charge on any atom is -0.491 e. The average Bonchev–Trinajstić information content (AvgIpc) is 3.21. The number of halogens is 1. The Kier molecular flexibility index (Phi) is 8.22. The third-order valence-corrected chi connectivity index (χ3v) is 5.91. The maximum atomic E-state index is 12.4. The standard InChI is InChI=1S/C22H27ClN2O6S/c1-15(2)31-18-8-6-17(7-9-18)25-32(27,28)14-22(26)24-20-12-16(23)5-10-21(20)30-13-19-4-3-11-29-19/h5-10,12,15,19,25H,3-4,11,13-14H2,1-2H3,(H,24,26). The highest BCUT2D eigenvalue weighted by atomic mass is 35.5. The van der Waals surface area contributed by atoms with E-state index in [9.17, 15) is 13.2 Å². The van der Waals surface area contributed by atoms with E-state index in [2.05, 4.69) is 10.0 Å². The predicted molar refractivity (Wildman–Crippen MR) is 124 cm³/mol. The van der Waals surface area contributed by atoms with Crippen molar-refractivity contribution in [3.05, 3.63) is 47.5 Å². The summed E-state index contributed by atoms with van der Waals surface area (Å²) < 4.78 is 44.1. The molecule has 2 N–H and O–H groups in total. The van der Waals surface area contributed by atoms with Crippen molar-refractivity contribution in [2.24, 2.45) is 0 Å². The first-order valence-corrected chi connectivity index (χ1v) is 12.3. The van der Waals surface area contributed by atoms with E-state index in [1.165, 1.54) is 6.07 Å². The largest absolute Gasteiger partial charge is 0.491 e. The Hall–Kier alpha value is -2.49. The van der Waals surface area contributed by atoms with Crippen LogP contribution < -0.4 is 19.5 Å². The number of carbonyl (C=O) groups is 1. The van der Waals surface area contributed by atoms with E-state index < -0.39 is 21.7 Å². The van der Waals surface area contributed by atoms with Crippen LogP contribution in [0.1, 0.15) is 26.7 Å². The first-order valence-electron chi connectivity index (χ1n) is 10.3. The molecular weight excluding hydrogens is 456 g/mol. The molecular formula is C22H27ClN2O6S. The zero-order chi connectivity index (χ0) is 23.1. The SMILES string of the molecule is CC(C)Oc1ccc(NS(=O)(=O)CC(=O)Nc2cc(Cl)ccc2OCC2CCCO2)cc1. The second-order valence-corrected chi connectivity index (χ2v) is 9.85. The van der Waals surface area contributed by atoms with E-state index in [1.54, 1.807) is 36.4 Å². The van der Waals surface area contributed by atoms with Gasteiger partial charge in [-0.2, -0.15) is 0 Å². The quantitative estimate of drug-likeness (QED) is 0.529. The van der Waals surface area contributed by atoms with Gasteiger partial charge in [-0.25, -0.2) is 8.42 Å². The fourth-order valence-electron chi connectivity index (χ4n) is 3.13. The summed E-state index contributed by atoms with van der Waals surface area (Å²) in [6.07, 6.45) is 1.89. The molecule has 1 saturated heterocycles. The third kappa shape index (κ3) is 7.58. The monoisotopic (exact) mass is 482 g/mol. The molecule has 0 aliphatic carbocycles. The van der Waals surface area contributed by atoms with Gasteiger partial charge in [-0.1, -0.05) is 11.6 Å². The van der Waals surface area contributed by atoms with Crippen LogP contribution in [0.5, 0.6) is 11.5 Å². The molecule has 0 saturated carbocycles. The summed E-state index contributed by atoms with van der Waals surface area (Å²) in [6.45, 7) is 4.83. The molecule has 1 aliphatic heterocycles. The number of amides is 1. The van der Waals surface area contributed by atoms with Crippen LogP contribution in [0, 0.1) is 0 Å². The van der Waals surface area contributed by atoms with Crippen molar-refractivity contribution in [1.29, 1.82) is 0 Å². The molecule has 1 amide bonds. The summed E-state index contributed by atoms with van der Waals surface area (Å²) in [5, 5.41) is 2.95. The molecule has 32 heavy (non-hydrogen) atoms. The van der Waals surface area contributed by atoms with Crippen LogP contribution in [0.4, 0.5) is 11.4 Å². The van der Waals surface area contributed by atoms with Gasteiger partial charge in [0.2, 0.25) is 15.9 Å². The van der Waals surface area contributed by atoms with Crippen LogP contribution in [0.25, 0.3) is 0 Å². The summed E-state index contributed by atoms with van der Waals surface area (Å²) in [5.41, 5.74) is 0.628. The van der Waals surface area contributed by atoms with Crippen LogP contribution in [0.3, 0.4) is 0 Å². The summed E-state index contributed by atoms with van der Waals surface area (Å²) in [5.74, 6) is -0.474. The van der Waals surface area contributed by atoms with Crippen LogP contribution in [0.15, 0.2) is 42.5 Å². The van der Waals surface area contributed by atoms with Crippen molar-refractivity contribution in [2.45, 2.75) is 38.9 Å². The summed E-state index contributed by atoms with van der Waals surface area (Å²) in [6, 6.07) is 11.2. The number of sulfonamides is 1. The lowest BCUT2D eigenvalue weighted by atomic mass is 10.2. The zero-order valence-corrected chi connectivity index (χ0v) is 19.5. The number of benzene rings is 2. The van der Waals surface area contributed by atoms with Crippen molar-refractivity contribution >= 4 is 38.9 Å². The summed E-state index contributed by atoms with van der Waals surface area (Å²) in [7, 11) is -3.93. The van der Waals surface area contributed by atoms with E-state index in [1.807, 2.05) is 13.8 Å². The molecule has 0 spiro atoms. The van der Waals surface area contributed by atoms with E-state index in [4.69, 9.17) is 25.8 Å². The Morgan fingerprint density at radius 1 is 1.22 bits per heavy atom. The number of hydrogen-bond acceptors (Lipinski definition) is 6. The minimum absolute atomic E-state index is 0.00358. The number of rotatable bonds is 10. The van der Waals surface area contributed by atoms with Gasteiger partial charge in [0.25, 0.3) is 0 Å². The Morgan fingerprint density at radius 2 is 1.97 bits per heavy atom. The van der Waals surface area contributed by atoms with Crippen molar-refractivity contribution in [3.63, 3.8) is 0 Å². The van der Waals surface area contributed by atoms with E-state index >= 15 is 0 Å². The number of hydrogen-bond donors (Lipinski definition) is 2. The van der Waals surface area contributed by atoms with Gasteiger partial charge in [-0.3, -0.25) is 9.52 Å². The lowest BCUT2D eigenvalue weighted by Gasteiger charge is -2.16. The molecule has 1 fully saturated rings. The van der Waals surface area contributed by atoms with Gasteiger partial charge in [-0.15, -0.1) is 0 Å². The smallest absolute Gasteiger partial charge is 0.241 e. The first kappa shape index (κ1) is 24.2.